The van der Waals surface area contributed by atoms with Gasteiger partial charge in [-0.05, 0) is 29.8 Å². The van der Waals surface area contributed by atoms with Crippen LogP contribution in [0.5, 0.6) is 17.2 Å². The van der Waals surface area contributed by atoms with Crippen LogP contribution in [0.4, 0.5) is 0 Å². The molecule has 0 aliphatic heterocycles. The van der Waals surface area contributed by atoms with Crippen molar-refractivity contribution in [2.24, 2.45) is 5.10 Å². The number of hydrogen-bond donors (Lipinski definition) is 4. The molecule has 0 atom stereocenters. The van der Waals surface area contributed by atoms with E-state index < -0.39 is 0 Å². The Morgan fingerprint density at radius 3 is 2.57 bits per heavy atom. The van der Waals surface area contributed by atoms with Crippen LogP contribution in [0.15, 0.2) is 47.6 Å². The van der Waals surface area contributed by atoms with Gasteiger partial charge in [0.25, 0.3) is 0 Å². The molecule has 0 saturated carbocycles. The number of nitrogens with one attached hydrogen (secondary N) is 1. The lowest BCUT2D eigenvalue weighted by Gasteiger charge is -2.02. The monoisotopic (exact) mass is 286 g/mol. The van der Waals surface area contributed by atoms with Crippen molar-refractivity contribution in [3.05, 3.63) is 53.6 Å². The molecule has 2 aromatic rings. The molecule has 6 heteroatoms. The van der Waals surface area contributed by atoms with Gasteiger partial charge in [0.1, 0.15) is 17.2 Å². The highest BCUT2D eigenvalue weighted by molar-refractivity contribution is 5.85. The van der Waals surface area contributed by atoms with E-state index in [-0.39, 0.29) is 29.6 Å². The quantitative estimate of drug-likeness (QED) is 0.505. The Labute approximate surface area is 121 Å². The number of nitrogens with zero attached hydrogens (tertiary/aromatic N) is 1. The number of hydrogen-bond acceptors (Lipinski definition) is 5. The molecule has 0 bridgehead atoms. The smallest absolute Gasteiger partial charge is 0.244 e. The Hall–Kier alpha value is -3.02. The van der Waals surface area contributed by atoms with E-state index in [1.54, 1.807) is 12.1 Å². The summed E-state index contributed by atoms with van der Waals surface area (Å²) < 4.78 is 0. The highest BCUT2D eigenvalue weighted by atomic mass is 16.3. The van der Waals surface area contributed by atoms with Crippen LogP contribution in [0.1, 0.15) is 11.1 Å². The van der Waals surface area contributed by atoms with E-state index in [9.17, 15) is 15.0 Å². The fraction of sp³-hybridized carbons (Fsp3) is 0.0667. The first-order valence-corrected chi connectivity index (χ1v) is 6.16. The molecule has 0 saturated heterocycles. The van der Waals surface area contributed by atoms with Gasteiger partial charge in [-0.2, -0.15) is 5.10 Å². The van der Waals surface area contributed by atoms with Crippen molar-refractivity contribution >= 4 is 12.1 Å². The number of phenols is 3. The van der Waals surface area contributed by atoms with Gasteiger partial charge in [0.05, 0.1) is 12.6 Å². The third-order valence-corrected chi connectivity index (χ3v) is 2.68. The van der Waals surface area contributed by atoms with Gasteiger partial charge >= 0.3 is 0 Å². The normalized spacial score (nSPS) is 10.7. The molecule has 21 heavy (non-hydrogen) atoms. The van der Waals surface area contributed by atoms with E-state index >= 15 is 0 Å². The molecule has 0 fully saturated rings. The molecule has 0 unspecified atom stereocenters. The van der Waals surface area contributed by atoms with Gasteiger partial charge in [0.2, 0.25) is 5.91 Å². The molecule has 0 aliphatic carbocycles. The lowest BCUT2D eigenvalue weighted by Crippen LogP contribution is -2.19. The summed E-state index contributed by atoms with van der Waals surface area (Å²) in [5, 5.41) is 31.7. The number of carbonyl (C=O) groups excluding carboxylic acids is 1. The molecular formula is C15H14N2O4. The van der Waals surface area contributed by atoms with Gasteiger partial charge in [-0.3, -0.25) is 4.79 Å². The molecule has 1 amide bonds. The molecule has 0 aliphatic rings. The van der Waals surface area contributed by atoms with Crippen molar-refractivity contribution < 1.29 is 20.1 Å². The van der Waals surface area contributed by atoms with Crippen molar-refractivity contribution in [1.82, 2.24) is 5.43 Å². The molecule has 0 radical (unpaired) electrons. The predicted octanol–water partition coefficient (Wildman–Crippen LogP) is 1.50. The van der Waals surface area contributed by atoms with Gasteiger partial charge in [-0.25, -0.2) is 5.43 Å². The SMILES string of the molecule is O=C(Cc1cccc(O)c1)N/N=C/c1ccc(O)cc1O. The van der Waals surface area contributed by atoms with Crippen molar-refractivity contribution in [2.75, 3.05) is 0 Å². The van der Waals surface area contributed by atoms with Crippen molar-refractivity contribution in [2.45, 2.75) is 6.42 Å². The van der Waals surface area contributed by atoms with Gasteiger partial charge < -0.3 is 15.3 Å². The van der Waals surface area contributed by atoms with Gasteiger partial charge in [0, 0.05) is 11.6 Å². The van der Waals surface area contributed by atoms with Gasteiger partial charge in [0.15, 0.2) is 0 Å². The minimum absolute atomic E-state index is 0.0578. The third kappa shape index (κ3) is 4.24. The van der Waals surface area contributed by atoms with E-state index in [0.29, 0.717) is 11.1 Å². The van der Waals surface area contributed by atoms with E-state index in [4.69, 9.17) is 5.11 Å². The van der Waals surface area contributed by atoms with E-state index in [1.807, 2.05) is 0 Å². The van der Waals surface area contributed by atoms with Crippen LogP contribution in [0.2, 0.25) is 0 Å². The average molecular weight is 286 g/mol. The lowest BCUT2D eigenvalue weighted by atomic mass is 10.1. The zero-order valence-electron chi connectivity index (χ0n) is 11.0. The number of phenolic OH excluding ortho intramolecular Hbond substituents is 3. The van der Waals surface area contributed by atoms with Crippen LogP contribution in [0.25, 0.3) is 0 Å². The van der Waals surface area contributed by atoms with Crippen LogP contribution in [0, 0.1) is 0 Å². The maximum Gasteiger partial charge on any atom is 0.244 e. The molecule has 0 spiro atoms. The van der Waals surface area contributed by atoms with E-state index in [1.165, 1.54) is 36.5 Å². The summed E-state index contributed by atoms with van der Waals surface area (Å²) in [5.74, 6) is -0.452. The number of carbonyl (C=O) groups is 1. The predicted molar refractivity (Wildman–Crippen MR) is 77.3 cm³/mol. The second kappa shape index (κ2) is 6.42. The van der Waals surface area contributed by atoms with Crippen LogP contribution in [-0.4, -0.2) is 27.4 Å². The van der Waals surface area contributed by atoms with Crippen molar-refractivity contribution in [3.63, 3.8) is 0 Å². The topological polar surface area (TPSA) is 102 Å². The van der Waals surface area contributed by atoms with Crippen LogP contribution in [0.3, 0.4) is 0 Å². The summed E-state index contributed by atoms with van der Waals surface area (Å²) in [4.78, 5) is 11.6. The fourth-order valence-corrected chi connectivity index (χ4v) is 1.71. The summed E-state index contributed by atoms with van der Waals surface area (Å²) in [6.45, 7) is 0. The molecule has 0 aromatic heterocycles. The molecule has 2 rings (SSSR count). The summed E-state index contributed by atoms with van der Waals surface area (Å²) in [6.07, 6.45) is 1.35. The second-order valence-corrected chi connectivity index (χ2v) is 4.38. The largest absolute Gasteiger partial charge is 0.508 e. The zero-order chi connectivity index (χ0) is 15.2. The van der Waals surface area contributed by atoms with Crippen LogP contribution >= 0.6 is 0 Å². The van der Waals surface area contributed by atoms with E-state index in [2.05, 4.69) is 10.5 Å². The summed E-state index contributed by atoms with van der Waals surface area (Å²) in [6, 6.07) is 10.4. The molecule has 108 valence electrons. The number of benzene rings is 2. The van der Waals surface area contributed by atoms with Crippen LogP contribution in [-0.2, 0) is 11.2 Å². The van der Waals surface area contributed by atoms with Crippen molar-refractivity contribution in [1.29, 1.82) is 0 Å². The van der Waals surface area contributed by atoms with Gasteiger partial charge in [-0.15, -0.1) is 0 Å². The summed E-state index contributed by atoms with van der Waals surface area (Å²) >= 11 is 0. The van der Waals surface area contributed by atoms with Crippen LogP contribution < -0.4 is 5.43 Å². The fourth-order valence-electron chi connectivity index (χ4n) is 1.71. The number of hydrazone groups is 1. The molecule has 0 heterocycles. The zero-order valence-corrected chi connectivity index (χ0v) is 11.0. The first kappa shape index (κ1) is 14.4. The molecular weight excluding hydrogens is 272 g/mol. The Bertz CT molecular complexity index is 683. The highest BCUT2D eigenvalue weighted by Gasteiger charge is 2.03. The highest BCUT2D eigenvalue weighted by Crippen LogP contribution is 2.20. The maximum atomic E-state index is 11.6. The standard InChI is InChI=1S/C15H14N2O4/c18-12-3-1-2-10(6-12)7-15(21)17-16-9-11-4-5-13(19)8-14(11)20/h1-6,8-9,18-20H,7H2,(H,17,21)/b16-9+. The third-order valence-electron chi connectivity index (χ3n) is 2.68. The Morgan fingerprint density at radius 1 is 1.10 bits per heavy atom. The summed E-state index contributed by atoms with van der Waals surface area (Å²) in [5.41, 5.74) is 3.34. The average Bonchev–Trinajstić information content (AvgIpc) is 2.41. The number of rotatable bonds is 4. The molecule has 4 N–H and O–H groups in total. The molecule has 6 nitrogen and oxygen atoms in total. The minimum atomic E-state index is -0.352. The van der Waals surface area contributed by atoms with Crippen molar-refractivity contribution in [3.8, 4) is 17.2 Å². The Morgan fingerprint density at radius 2 is 1.86 bits per heavy atom. The second-order valence-electron chi connectivity index (χ2n) is 4.38. The first-order chi connectivity index (χ1) is 10.0. The minimum Gasteiger partial charge on any atom is -0.508 e. The van der Waals surface area contributed by atoms with E-state index in [0.717, 1.165) is 0 Å². The Kier molecular flexibility index (Phi) is 4.40. The summed E-state index contributed by atoms with van der Waals surface area (Å²) in [7, 11) is 0. The Balaban J connectivity index is 1.93. The first-order valence-electron chi connectivity index (χ1n) is 6.16. The van der Waals surface area contributed by atoms with Gasteiger partial charge in [-0.1, -0.05) is 12.1 Å². The maximum absolute atomic E-state index is 11.6. The number of amides is 1. The lowest BCUT2D eigenvalue weighted by molar-refractivity contribution is -0.120. The molecule has 2 aromatic carbocycles. The number of aromatic hydroxyl groups is 3.